The summed E-state index contributed by atoms with van der Waals surface area (Å²) in [6, 6.07) is 12.5. The second-order valence-electron chi connectivity index (χ2n) is 7.83. The summed E-state index contributed by atoms with van der Waals surface area (Å²) in [6.45, 7) is 4.70. The fourth-order valence-corrected chi connectivity index (χ4v) is 3.08. The van der Waals surface area contributed by atoms with Gasteiger partial charge >= 0.3 is 0 Å². The lowest BCUT2D eigenvalue weighted by molar-refractivity contribution is -0.117. The first-order valence-corrected chi connectivity index (χ1v) is 10.8. The van der Waals surface area contributed by atoms with Gasteiger partial charge in [-0.25, -0.2) is 0 Å². The second kappa shape index (κ2) is 10.6. The van der Waals surface area contributed by atoms with Gasteiger partial charge < -0.3 is 21.3 Å². The molecule has 2 aromatic carbocycles. The van der Waals surface area contributed by atoms with Crippen LogP contribution in [0.2, 0.25) is 0 Å². The highest BCUT2D eigenvalue weighted by molar-refractivity contribution is 5.98. The molecule has 7 nitrogen and oxygen atoms in total. The maximum atomic E-state index is 12.4. The SMILES string of the molecule is CCCCNC(=O)c1ccc(NCC(=O)Nc2cccc(NC(=O)C3CC3)c2C)cc1. The molecule has 1 fully saturated rings. The van der Waals surface area contributed by atoms with E-state index in [1.807, 2.05) is 25.1 Å². The number of hydrogen-bond donors (Lipinski definition) is 4. The third kappa shape index (κ3) is 6.57. The van der Waals surface area contributed by atoms with Crippen molar-refractivity contribution in [2.75, 3.05) is 29.0 Å². The number of hydrogen-bond acceptors (Lipinski definition) is 4. The van der Waals surface area contributed by atoms with E-state index in [2.05, 4.69) is 28.2 Å². The number of carbonyl (C=O) groups is 3. The highest BCUT2D eigenvalue weighted by atomic mass is 16.2. The maximum absolute atomic E-state index is 12.4. The van der Waals surface area contributed by atoms with Gasteiger partial charge in [-0.15, -0.1) is 0 Å². The van der Waals surface area contributed by atoms with Gasteiger partial charge in [-0.1, -0.05) is 19.4 Å². The van der Waals surface area contributed by atoms with Gasteiger partial charge in [0.25, 0.3) is 5.91 Å². The van der Waals surface area contributed by atoms with Crippen LogP contribution in [0.1, 0.15) is 48.5 Å². The van der Waals surface area contributed by atoms with Crippen molar-refractivity contribution in [2.45, 2.75) is 39.5 Å². The molecule has 2 aromatic rings. The summed E-state index contributed by atoms with van der Waals surface area (Å²) in [4.78, 5) is 36.4. The second-order valence-corrected chi connectivity index (χ2v) is 7.83. The fourth-order valence-electron chi connectivity index (χ4n) is 3.08. The van der Waals surface area contributed by atoms with Gasteiger partial charge in [0.15, 0.2) is 0 Å². The van der Waals surface area contributed by atoms with E-state index in [1.54, 1.807) is 24.3 Å². The van der Waals surface area contributed by atoms with Crippen LogP contribution in [0.3, 0.4) is 0 Å². The minimum atomic E-state index is -0.199. The number of amides is 3. The summed E-state index contributed by atoms with van der Waals surface area (Å²) in [5.74, 6) is -0.136. The van der Waals surface area contributed by atoms with Gasteiger partial charge in [-0.3, -0.25) is 14.4 Å². The Labute approximate surface area is 183 Å². The van der Waals surface area contributed by atoms with Gasteiger partial charge in [-0.2, -0.15) is 0 Å². The minimum Gasteiger partial charge on any atom is -0.376 e. The van der Waals surface area contributed by atoms with E-state index >= 15 is 0 Å². The van der Waals surface area contributed by atoms with Crippen molar-refractivity contribution in [3.8, 4) is 0 Å². The first-order valence-electron chi connectivity index (χ1n) is 10.8. The average molecular weight is 423 g/mol. The van der Waals surface area contributed by atoms with Crippen LogP contribution in [0, 0.1) is 12.8 Å². The third-order valence-corrected chi connectivity index (χ3v) is 5.23. The molecule has 0 aromatic heterocycles. The molecule has 1 saturated carbocycles. The van der Waals surface area contributed by atoms with Gasteiger partial charge in [0.2, 0.25) is 11.8 Å². The number of carbonyl (C=O) groups excluding carboxylic acids is 3. The molecular formula is C24H30N4O3. The first-order chi connectivity index (χ1) is 15.0. The number of benzene rings is 2. The molecule has 0 unspecified atom stereocenters. The van der Waals surface area contributed by atoms with Crippen molar-refractivity contribution < 1.29 is 14.4 Å². The molecule has 3 amide bonds. The van der Waals surface area contributed by atoms with Gasteiger partial charge in [-0.05, 0) is 68.1 Å². The summed E-state index contributed by atoms with van der Waals surface area (Å²) in [7, 11) is 0. The van der Waals surface area contributed by atoms with E-state index in [9.17, 15) is 14.4 Å². The number of nitrogens with one attached hydrogen (secondary N) is 4. The summed E-state index contributed by atoms with van der Waals surface area (Å²) >= 11 is 0. The van der Waals surface area contributed by atoms with Gasteiger partial charge in [0, 0.05) is 35.1 Å². The molecule has 0 heterocycles. The lowest BCUT2D eigenvalue weighted by Gasteiger charge is -2.14. The van der Waals surface area contributed by atoms with Crippen LogP contribution in [0.15, 0.2) is 42.5 Å². The van der Waals surface area contributed by atoms with Gasteiger partial charge in [0.05, 0.1) is 6.54 Å². The van der Waals surface area contributed by atoms with E-state index < -0.39 is 0 Å². The zero-order valence-electron chi connectivity index (χ0n) is 18.1. The van der Waals surface area contributed by atoms with Crippen molar-refractivity contribution in [3.05, 3.63) is 53.6 Å². The molecule has 3 rings (SSSR count). The molecule has 0 bridgehead atoms. The first kappa shape index (κ1) is 22.3. The monoisotopic (exact) mass is 422 g/mol. The van der Waals surface area contributed by atoms with Crippen LogP contribution in [-0.4, -0.2) is 30.8 Å². The van der Waals surface area contributed by atoms with Crippen LogP contribution >= 0.6 is 0 Å². The van der Waals surface area contributed by atoms with Gasteiger partial charge in [0.1, 0.15) is 0 Å². The maximum Gasteiger partial charge on any atom is 0.251 e. The van der Waals surface area contributed by atoms with Crippen LogP contribution in [-0.2, 0) is 9.59 Å². The van der Waals surface area contributed by atoms with Crippen molar-refractivity contribution in [1.29, 1.82) is 0 Å². The number of unbranched alkanes of at least 4 members (excludes halogenated alkanes) is 1. The molecule has 4 N–H and O–H groups in total. The molecule has 0 saturated heterocycles. The van der Waals surface area contributed by atoms with Crippen LogP contribution in [0.25, 0.3) is 0 Å². The summed E-state index contributed by atoms with van der Waals surface area (Å²) in [6.07, 6.45) is 3.87. The molecule has 1 aliphatic rings. The number of rotatable bonds is 10. The van der Waals surface area contributed by atoms with Crippen molar-refractivity contribution in [3.63, 3.8) is 0 Å². The fraction of sp³-hybridized carbons (Fsp3) is 0.375. The lowest BCUT2D eigenvalue weighted by atomic mass is 10.1. The number of anilines is 3. The van der Waals surface area contributed by atoms with Crippen LogP contribution in [0.4, 0.5) is 17.1 Å². The Balaban J connectivity index is 1.50. The largest absolute Gasteiger partial charge is 0.376 e. The highest BCUT2D eigenvalue weighted by Gasteiger charge is 2.29. The van der Waals surface area contributed by atoms with Crippen LogP contribution in [0.5, 0.6) is 0 Å². The van der Waals surface area contributed by atoms with E-state index in [0.29, 0.717) is 17.8 Å². The Morgan fingerprint density at radius 3 is 2.29 bits per heavy atom. The van der Waals surface area contributed by atoms with Crippen molar-refractivity contribution >= 4 is 34.8 Å². The van der Waals surface area contributed by atoms with E-state index in [-0.39, 0.29) is 30.2 Å². The Morgan fingerprint density at radius 2 is 1.65 bits per heavy atom. The minimum absolute atomic E-state index is 0.0377. The highest BCUT2D eigenvalue weighted by Crippen LogP contribution is 2.31. The van der Waals surface area contributed by atoms with E-state index in [0.717, 1.165) is 42.6 Å². The molecule has 0 atom stereocenters. The quantitative estimate of drug-likeness (QED) is 0.436. The predicted molar refractivity (Wildman–Crippen MR) is 123 cm³/mol. The standard InChI is InChI=1S/C24H30N4O3/c1-3-4-14-25-23(30)17-10-12-19(13-11-17)26-15-22(29)27-20-6-5-7-21(16(20)2)28-24(31)18-8-9-18/h5-7,10-13,18,26H,3-4,8-9,14-15H2,1-2H3,(H,25,30)(H,27,29)(H,28,31). The topological polar surface area (TPSA) is 99.3 Å². The summed E-state index contributed by atoms with van der Waals surface area (Å²) in [5.41, 5.74) is 3.55. The lowest BCUT2D eigenvalue weighted by Crippen LogP contribution is -2.24. The zero-order valence-corrected chi connectivity index (χ0v) is 18.1. The van der Waals surface area contributed by atoms with E-state index in [1.165, 1.54) is 0 Å². The summed E-state index contributed by atoms with van der Waals surface area (Å²) in [5, 5.41) is 11.8. The normalized spacial score (nSPS) is 12.7. The Hall–Kier alpha value is -3.35. The predicted octanol–water partition coefficient (Wildman–Crippen LogP) is 3.92. The molecule has 164 valence electrons. The molecule has 0 radical (unpaired) electrons. The Morgan fingerprint density at radius 1 is 0.968 bits per heavy atom. The third-order valence-electron chi connectivity index (χ3n) is 5.23. The van der Waals surface area contributed by atoms with Crippen LogP contribution < -0.4 is 21.3 Å². The molecule has 0 spiro atoms. The zero-order chi connectivity index (χ0) is 22.2. The smallest absolute Gasteiger partial charge is 0.251 e. The van der Waals surface area contributed by atoms with Crippen molar-refractivity contribution in [1.82, 2.24) is 5.32 Å². The summed E-state index contributed by atoms with van der Waals surface area (Å²) < 4.78 is 0. The Bertz CT molecular complexity index is 936. The molecule has 7 heteroatoms. The molecule has 0 aliphatic heterocycles. The molecule has 1 aliphatic carbocycles. The van der Waals surface area contributed by atoms with Crippen molar-refractivity contribution in [2.24, 2.45) is 5.92 Å². The molecular weight excluding hydrogens is 392 g/mol. The van der Waals surface area contributed by atoms with E-state index in [4.69, 9.17) is 0 Å². The Kier molecular flexibility index (Phi) is 7.65. The average Bonchev–Trinajstić information content (AvgIpc) is 3.61. The molecule has 31 heavy (non-hydrogen) atoms.